The lowest BCUT2D eigenvalue weighted by Gasteiger charge is -2.24. The molecule has 2 N–H and O–H groups in total. The molecule has 0 aliphatic carbocycles. The molecule has 152 valence electrons. The minimum absolute atomic E-state index is 0.173. The van der Waals surface area contributed by atoms with Crippen LogP contribution in [0.25, 0.3) is 0 Å². The van der Waals surface area contributed by atoms with Gasteiger partial charge >= 0.3 is 6.09 Å². The molecular formula is C20H34N4O3. The maximum absolute atomic E-state index is 12.0. The Hall–Kier alpha value is -2.28. The fraction of sp³-hybridized carbons (Fsp3) is 0.600. The van der Waals surface area contributed by atoms with E-state index in [1.54, 1.807) is 26.1 Å². The maximum atomic E-state index is 12.0. The zero-order chi connectivity index (χ0) is 20.4. The molecule has 1 aromatic rings. The number of methoxy groups -OCH3 is 1. The predicted molar refractivity (Wildman–Crippen MR) is 109 cm³/mol. The number of carbonyl (C=O) groups is 1. The van der Waals surface area contributed by atoms with Gasteiger partial charge in [-0.15, -0.1) is 0 Å². The average Bonchev–Trinajstić information content (AvgIpc) is 2.58. The quantitative estimate of drug-likeness (QED) is 0.564. The van der Waals surface area contributed by atoms with Crippen LogP contribution in [-0.2, 0) is 22.6 Å². The molecule has 0 radical (unpaired) electrons. The number of benzene rings is 1. The second-order valence-electron chi connectivity index (χ2n) is 7.58. The van der Waals surface area contributed by atoms with Gasteiger partial charge in [-0.3, -0.25) is 4.99 Å². The molecule has 0 saturated heterocycles. The van der Waals surface area contributed by atoms with Gasteiger partial charge in [-0.2, -0.15) is 0 Å². The van der Waals surface area contributed by atoms with E-state index in [2.05, 4.69) is 15.6 Å². The number of nitrogens with zero attached hydrogens (tertiary/aromatic N) is 2. The van der Waals surface area contributed by atoms with Gasteiger partial charge < -0.3 is 25.0 Å². The summed E-state index contributed by atoms with van der Waals surface area (Å²) in [6.45, 7) is 9.38. The minimum atomic E-state index is -0.492. The first-order chi connectivity index (χ1) is 12.6. The van der Waals surface area contributed by atoms with Crippen LogP contribution in [0.3, 0.4) is 0 Å². The largest absolute Gasteiger partial charge is 0.444 e. The average molecular weight is 379 g/mol. The lowest BCUT2D eigenvalue weighted by Crippen LogP contribution is -2.43. The molecule has 0 heterocycles. The van der Waals surface area contributed by atoms with Crippen LogP contribution < -0.4 is 10.6 Å². The standard InChI is InChI=1S/C20H34N4O3/c1-15(14-26-7)23-18(21-5)22-12-16-8-10-17(11-9-16)13-24(6)19(25)27-20(2,3)4/h8-11,15H,12-14H2,1-7H3,(H2,21,22,23). The number of rotatable bonds is 7. The zero-order valence-electron chi connectivity index (χ0n) is 17.6. The molecule has 0 spiro atoms. The Morgan fingerprint density at radius 2 is 1.81 bits per heavy atom. The first-order valence-electron chi connectivity index (χ1n) is 9.12. The number of aliphatic imine (C=N–C) groups is 1. The van der Waals surface area contributed by atoms with Crippen molar-refractivity contribution in [2.24, 2.45) is 4.99 Å². The smallest absolute Gasteiger partial charge is 0.410 e. The zero-order valence-corrected chi connectivity index (χ0v) is 17.6. The molecule has 7 heteroatoms. The van der Waals surface area contributed by atoms with Crippen molar-refractivity contribution >= 4 is 12.1 Å². The highest BCUT2D eigenvalue weighted by atomic mass is 16.6. The van der Waals surface area contributed by atoms with E-state index in [1.807, 2.05) is 52.0 Å². The maximum Gasteiger partial charge on any atom is 0.410 e. The van der Waals surface area contributed by atoms with Crippen LogP contribution in [0, 0.1) is 0 Å². The van der Waals surface area contributed by atoms with Gasteiger partial charge in [0, 0.05) is 40.3 Å². The number of guanidine groups is 1. The van der Waals surface area contributed by atoms with Crippen LogP contribution in [0.4, 0.5) is 4.79 Å². The van der Waals surface area contributed by atoms with Crippen molar-refractivity contribution < 1.29 is 14.3 Å². The summed E-state index contributed by atoms with van der Waals surface area (Å²) >= 11 is 0. The number of nitrogens with one attached hydrogen (secondary N) is 2. The van der Waals surface area contributed by atoms with E-state index >= 15 is 0 Å². The Balaban J connectivity index is 2.52. The van der Waals surface area contributed by atoms with Gasteiger partial charge in [-0.1, -0.05) is 24.3 Å². The van der Waals surface area contributed by atoms with Crippen LogP contribution in [0.2, 0.25) is 0 Å². The number of hydrogen-bond acceptors (Lipinski definition) is 4. The van der Waals surface area contributed by atoms with E-state index in [4.69, 9.17) is 9.47 Å². The fourth-order valence-corrected chi connectivity index (χ4v) is 2.35. The van der Waals surface area contributed by atoms with E-state index in [0.29, 0.717) is 19.7 Å². The summed E-state index contributed by atoms with van der Waals surface area (Å²) in [4.78, 5) is 17.8. The second-order valence-corrected chi connectivity index (χ2v) is 7.58. The van der Waals surface area contributed by atoms with Gasteiger partial charge in [0.2, 0.25) is 0 Å². The molecule has 0 aliphatic heterocycles. The van der Waals surface area contributed by atoms with E-state index in [1.165, 1.54) is 0 Å². The number of carbonyl (C=O) groups excluding carboxylic acids is 1. The highest BCUT2D eigenvalue weighted by Gasteiger charge is 2.19. The summed E-state index contributed by atoms with van der Waals surface area (Å²) in [6, 6.07) is 8.28. The Labute approximate surface area is 163 Å². The van der Waals surface area contributed by atoms with Crippen molar-refractivity contribution in [3.05, 3.63) is 35.4 Å². The second kappa shape index (κ2) is 10.8. The van der Waals surface area contributed by atoms with Gasteiger partial charge in [0.15, 0.2) is 5.96 Å². The van der Waals surface area contributed by atoms with Gasteiger partial charge in [0.1, 0.15) is 5.60 Å². The Morgan fingerprint density at radius 3 is 2.33 bits per heavy atom. The predicted octanol–water partition coefficient (Wildman–Crippen LogP) is 2.75. The van der Waals surface area contributed by atoms with Crippen LogP contribution in [0.15, 0.2) is 29.3 Å². The molecule has 1 atom stereocenters. The topological polar surface area (TPSA) is 75.2 Å². The third-order valence-electron chi connectivity index (χ3n) is 3.63. The van der Waals surface area contributed by atoms with Crippen molar-refractivity contribution in [2.45, 2.75) is 52.4 Å². The summed E-state index contributed by atoms with van der Waals surface area (Å²) < 4.78 is 10.5. The van der Waals surface area contributed by atoms with Gasteiger partial charge in [-0.05, 0) is 38.8 Å². The first kappa shape index (κ1) is 22.8. The Morgan fingerprint density at radius 1 is 1.22 bits per heavy atom. The van der Waals surface area contributed by atoms with Crippen LogP contribution in [-0.4, -0.2) is 56.4 Å². The van der Waals surface area contributed by atoms with Crippen molar-refractivity contribution in [1.29, 1.82) is 0 Å². The summed E-state index contributed by atoms with van der Waals surface area (Å²) in [5.41, 5.74) is 1.68. The molecule has 0 aromatic heterocycles. The van der Waals surface area contributed by atoms with Gasteiger partial charge in [0.25, 0.3) is 0 Å². The van der Waals surface area contributed by atoms with E-state index in [-0.39, 0.29) is 12.1 Å². The minimum Gasteiger partial charge on any atom is -0.444 e. The molecule has 0 saturated carbocycles. The lowest BCUT2D eigenvalue weighted by molar-refractivity contribution is 0.0285. The molecule has 0 fully saturated rings. The van der Waals surface area contributed by atoms with Crippen LogP contribution in [0.1, 0.15) is 38.8 Å². The van der Waals surface area contributed by atoms with Crippen molar-refractivity contribution in [1.82, 2.24) is 15.5 Å². The summed E-state index contributed by atoms with van der Waals surface area (Å²) in [5.74, 6) is 0.730. The summed E-state index contributed by atoms with van der Waals surface area (Å²) in [7, 11) is 5.15. The molecular weight excluding hydrogens is 344 g/mol. The fourth-order valence-electron chi connectivity index (χ4n) is 2.35. The molecule has 0 aliphatic rings. The normalized spacial score (nSPS) is 13.1. The summed E-state index contributed by atoms with van der Waals surface area (Å²) in [6.07, 6.45) is -0.326. The third-order valence-corrected chi connectivity index (χ3v) is 3.63. The molecule has 1 amide bonds. The van der Waals surface area contributed by atoms with E-state index < -0.39 is 5.60 Å². The highest BCUT2D eigenvalue weighted by Crippen LogP contribution is 2.12. The number of hydrogen-bond donors (Lipinski definition) is 2. The van der Waals surface area contributed by atoms with Crippen molar-refractivity contribution in [3.63, 3.8) is 0 Å². The van der Waals surface area contributed by atoms with Crippen LogP contribution in [0.5, 0.6) is 0 Å². The van der Waals surface area contributed by atoms with E-state index in [9.17, 15) is 4.79 Å². The van der Waals surface area contributed by atoms with Gasteiger partial charge in [0.05, 0.1) is 6.61 Å². The first-order valence-corrected chi connectivity index (χ1v) is 9.12. The number of ether oxygens (including phenoxy) is 2. The van der Waals surface area contributed by atoms with Crippen LogP contribution >= 0.6 is 0 Å². The Bertz CT molecular complexity index is 609. The molecule has 1 aromatic carbocycles. The lowest BCUT2D eigenvalue weighted by atomic mass is 10.1. The van der Waals surface area contributed by atoms with Crippen molar-refractivity contribution in [3.8, 4) is 0 Å². The Kier molecular flexibility index (Phi) is 9.08. The summed E-state index contributed by atoms with van der Waals surface area (Å²) in [5, 5.41) is 6.54. The molecule has 1 unspecified atom stereocenters. The van der Waals surface area contributed by atoms with Crippen molar-refractivity contribution in [2.75, 3.05) is 27.8 Å². The van der Waals surface area contributed by atoms with E-state index in [0.717, 1.165) is 17.1 Å². The SMILES string of the molecule is CN=C(NCc1ccc(CN(C)C(=O)OC(C)(C)C)cc1)NC(C)COC. The molecule has 27 heavy (non-hydrogen) atoms. The highest BCUT2D eigenvalue weighted by molar-refractivity contribution is 5.79. The van der Waals surface area contributed by atoms with Gasteiger partial charge in [-0.25, -0.2) is 4.79 Å². The monoisotopic (exact) mass is 378 g/mol. The molecule has 7 nitrogen and oxygen atoms in total. The number of amides is 1. The molecule has 0 bridgehead atoms. The third kappa shape index (κ3) is 9.28. The molecule has 1 rings (SSSR count).